The summed E-state index contributed by atoms with van der Waals surface area (Å²) >= 11 is 0. The number of rotatable bonds is 4. The smallest absolute Gasteiger partial charge is 0.236 e. The molecule has 2 rings (SSSR count). The van der Waals surface area contributed by atoms with Gasteiger partial charge >= 0.3 is 0 Å². The van der Waals surface area contributed by atoms with Crippen LogP contribution in [-0.2, 0) is 18.4 Å². The molecule has 0 aliphatic rings. The average Bonchev–Trinajstić information content (AvgIpc) is 2.83. The van der Waals surface area contributed by atoms with Crippen molar-refractivity contribution in [1.29, 1.82) is 0 Å². The van der Waals surface area contributed by atoms with Crippen molar-refractivity contribution >= 4 is 5.91 Å². The fourth-order valence-corrected chi connectivity index (χ4v) is 1.78. The molecule has 100 valence electrons. The maximum Gasteiger partial charge on any atom is 0.236 e. The van der Waals surface area contributed by atoms with Crippen molar-refractivity contribution in [2.45, 2.75) is 19.5 Å². The molecule has 0 radical (unpaired) electrons. The largest absolute Gasteiger partial charge is 0.351 e. The van der Waals surface area contributed by atoms with E-state index in [0.29, 0.717) is 6.54 Å². The van der Waals surface area contributed by atoms with Crippen LogP contribution in [0.3, 0.4) is 0 Å². The molecule has 1 unspecified atom stereocenters. The van der Waals surface area contributed by atoms with Crippen molar-refractivity contribution < 1.29 is 4.79 Å². The molecule has 2 aromatic rings. The molecule has 19 heavy (non-hydrogen) atoms. The van der Waals surface area contributed by atoms with Crippen LogP contribution in [0.5, 0.6) is 0 Å². The van der Waals surface area contributed by atoms with Crippen LogP contribution >= 0.6 is 0 Å². The molecule has 0 fully saturated rings. The molecule has 0 bridgehead atoms. The molecular formula is C14H18N4O. The second kappa shape index (κ2) is 5.67. The van der Waals surface area contributed by atoms with Crippen LogP contribution in [0.2, 0.25) is 0 Å². The topological polar surface area (TPSA) is 72.9 Å². The molecule has 1 aromatic heterocycles. The molecule has 1 aromatic carbocycles. The Labute approximate surface area is 112 Å². The third-order valence-electron chi connectivity index (χ3n) is 2.85. The number of aryl methyl sites for hydroxylation is 1. The van der Waals surface area contributed by atoms with Gasteiger partial charge in [0.1, 0.15) is 0 Å². The predicted molar refractivity (Wildman–Crippen MR) is 74.1 cm³/mol. The summed E-state index contributed by atoms with van der Waals surface area (Å²) in [6.45, 7) is 2.15. The minimum atomic E-state index is -0.485. The minimum Gasteiger partial charge on any atom is -0.351 e. The Balaban J connectivity index is 2.09. The van der Waals surface area contributed by atoms with Gasteiger partial charge in [-0.05, 0) is 24.1 Å². The van der Waals surface area contributed by atoms with E-state index in [-0.39, 0.29) is 5.91 Å². The van der Waals surface area contributed by atoms with E-state index >= 15 is 0 Å². The Morgan fingerprint density at radius 3 is 2.89 bits per heavy atom. The van der Waals surface area contributed by atoms with E-state index in [4.69, 9.17) is 5.73 Å². The normalized spacial score (nSPS) is 12.2. The lowest BCUT2D eigenvalue weighted by molar-refractivity contribution is -0.122. The first-order chi connectivity index (χ1) is 9.06. The van der Waals surface area contributed by atoms with Crippen LogP contribution in [0, 0.1) is 0 Å². The van der Waals surface area contributed by atoms with E-state index in [1.165, 1.54) is 0 Å². The molecular weight excluding hydrogens is 240 g/mol. The first-order valence-electron chi connectivity index (χ1n) is 6.17. The highest BCUT2D eigenvalue weighted by Crippen LogP contribution is 2.19. The molecule has 5 heteroatoms. The molecule has 0 aliphatic carbocycles. The van der Waals surface area contributed by atoms with Crippen LogP contribution in [0.15, 0.2) is 36.7 Å². The maximum absolute atomic E-state index is 11.4. The Morgan fingerprint density at radius 2 is 2.26 bits per heavy atom. The number of carbonyl (C=O) groups excluding carboxylic acids is 1. The van der Waals surface area contributed by atoms with Gasteiger partial charge in [0.25, 0.3) is 0 Å². The van der Waals surface area contributed by atoms with Crippen molar-refractivity contribution in [3.8, 4) is 11.1 Å². The molecule has 1 heterocycles. The van der Waals surface area contributed by atoms with Crippen LogP contribution < -0.4 is 11.1 Å². The fourth-order valence-electron chi connectivity index (χ4n) is 1.78. The highest BCUT2D eigenvalue weighted by molar-refractivity contribution is 5.81. The number of amides is 1. The second-order valence-electron chi connectivity index (χ2n) is 4.61. The van der Waals surface area contributed by atoms with Gasteiger partial charge in [-0.2, -0.15) is 5.10 Å². The summed E-state index contributed by atoms with van der Waals surface area (Å²) in [6.07, 6.45) is 3.78. The summed E-state index contributed by atoms with van der Waals surface area (Å²) in [7, 11) is 1.89. The molecule has 0 saturated carbocycles. The zero-order chi connectivity index (χ0) is 13.8. The molecule has 0 spiro atoms. The predicted octanol–water partition coefficient (Wildman–Crippen LogP) is 1.05. The molecule has 0 saturated heterocycles. The van der Waals surface area contributed by atoms with Crippen LogP contribution in [-0.4, -0.2) is 21.7 Å². The van der Waals surface area contributed by atoms with E-state index < -0.39 is 6.04 Å². The van der Waals surface area contributed by atoms with E-state index in [9.17, 15) is 4.79 Å². The fraction of sp³-hybridized carbons (Fsp3) is 0.286. The molecule has 3 N–H and O–H groups in total. The quantitative estimate of drug-likeness (QED) is 0.861. The van der Waals surface area contributed by atoms with Crippen LogP contribution in [0.1, 0.15) is 12.5 Å². The number of nitrogens with two attached hydrogens (primary N) is 1. The minimum absolute atomic E-state index is 0.146. The molecule has 1 amide bonds. The SMILES string of the molecule is CC(N)C(=O)NCc1cccc(-c2cnn(C)c2)c1. The Kier molecular flexibility index (Phi) is 3.97. The lowest BCUT2D eigenvalue weighted by Crippen LogP contribution is -2.37. The van der Waals surface area contributed by atoms with Gasteiger partial charge in [0.15, 0.2) is 0 Å². The van der Waals surface area contributed by atoms with E-state index in [1.807, 2.05) is 43.7 Å². The third-order valence-corrected chi connectivity index (χ3v) is 2.85. The van der Waals surface area contributed by atoms with Crippen molar-refractivity contribution in [2.75, 3.05) is 0 Å². The van der Waals surface area contributed by atoms with Gasteiger partial charge in [-0.3, -0.25) is 9.48 Å². The first kappa shape index (κ1) is 13.3. The number of hydrogen-bond acceptors (Lipinski definition) is 3. The summed E-state index contributed by atoms with van der Waals surface area (Å²) in [5.41, 5.74) is 8.68. The van der Waals surface area contributed by atoms with Crippen LogP contribution in [0.4, 0.5) is 0 Å². The number of benzene rings is 1. The monoisotopic (exact) mass is 258 g/mol. The first-order valence-corrected chi connectivity index (χ1v) is 6.17. The van der Waals surface area contributed by atoms with E-state index in [2.05, 4.69) is 10.4 Å². The number of nitrogens with one attached hydrogen (secondary N) is 1. The van der Waals surface area contributed by atoms with Gasteiger partial charge in [-0.25, -0.2) is 0 Å². The van der Waals surface area contributed by atoms with E-state index in [1.54, 1.807) is 11.6 Å². The van der Waals surface area contributed by atoms with Gasteiger partial charge in [-0.15, -0.1) is 0 Å². The summed E-state index contributed by atoms with van der Waals surface area (Å²) in [4.78, 5) is 11.4. The average molecular weight is 258 g/mol. The molecule has 0 aliphatic heterocycles. The molecule has 1 atom stereocenters. The van der Waals surface area contributed by atoms with Gasteiger partial charge in [-0.1, -0.05) is 18.2 Å². The van der Waals surface area contributed by atoms with Crippen molar-refractivity contribution in [2.24, 2.45) is 12.8 Å². The van der Waals surface area contributed by atoms with Crippen molar-refractivity contribution in [1.82, 2.24) is 15.1 Å². The Hall–Kier alpha value is -2.14. The number of aromatic nitrogens is 2. The highest BCUT2D eigenvalue weighted by Gasteiger charge is 2.07. The summed E-state index contributed by atoms with van der Waals surface area (Å²) in [5.74, 6) is -0.146. The van der Waals surface area contributed by atoms with Gasteiger partial charge < -0.3 is 11.1 Å². The zero-order valence-corrected chi connectivity index (χ0v) is 11.1. The lowest BCUT2D eigenvalue weighted by atomic mass is 10.1. The van der Waals surface area contributed by atoms with E-state index in [0.717, 1.165) is 16.7 Å². The van der Waals surface area contributed by atoms with Gasteiger partial charge in [0, 0.05) is 25.4 Å². The number of carbonyl (C=O) groups is 1. The molecule has 5 nitrogen and oxygen atoms in total. The summed E-state index contributed by atoms with van der Waals surface area (Å²) in [6, 6.07) is 7.52. The second-order valence-corrected chi connectivity index (χ2v) is 4.61. The standard InChI is InChI=1S/C14H18N4O/c1-10(15)14(19)16-7-11-4-3-5-12(6-11)13-8-17-18(2)9-13/h3-6,8-10H,7,15H2,1-2H3,(H,16,19). The lowest BCUT2D eigenvalue weighted by Gasteiger charge is -2.08. The number of hydrogen-bond donors (Lipinski definition) is 2. The number of nitrogens with zero attached hydrogens (tertiary/aromatic N) is 2. The Morgan fingerprint density at radius 1 is 1.47 bits per heavy atom. The van der Waals surface area contributed by atoms with Gasteiger partial charge in [0.2, 0.25) is 5.91 Å². The van der Waals surface area contributed by atoms with Crippen LogP contribution in [0.25, 0.3) is 11.1 Å². The summed E-state index contributed by atoms with van der Waals surface area (Å²) in [5, 5.41) is 6.95. The highest BCUT2D eigenvalue weighted by atomic mass is 16.2. The summed E-state index contributed by atoms with van der Waals surface area (Å²) < 4.78 is 1.76. The zero-order valence-electron chi connectivity index (χ0n) is 11.1. The Bertz CT molecular complexity index is 574. The van der Waals surface area contributed by atoms with Crippen molar-refractivity contribution in [3.63, 3.8) is 0 Å². The van der Waals surface area contributed by atoms with Crippen molar-refractivity contribution in [3.05, 3.63) is 42.2 Å². The third kappa shape index (κ3) is 3.42. The van der Waals surface area contributed by atoms with Gasteiger partial charge in [0.05, 0.1) is 12.2 Å². The maximum atomic E-state index is 11.4.